The molecule has 0 radical (unpaired) electrons. The molecule has 0 saturated carbocycles. The molecule has 0 atom stereocenters. The number of hydrogen-bond acceptors (Lipinski definition) is 4. The van der Waals surface area contributed by atoms with E-state index in [-0.39, 0.29) is 11.8 Å². The van der Waals surface area contributed by atoms with Gasteiger partial charge in [0, 0.05) is 30.8 Å². The van der Waals surface area contributed by atoms with Gasteiger partial charge in [0.05, 0.1) is 5.56 Å². The smallest absolute Gasteiger partial charge is 0.226 e. The van der Waals surface area contributed by atoms with E-state index in [1.807, 2.05) is 0 Å². The van der Waals surface area contributed by atoms with Crippen LogP contribution in [0.1, 0.15) is 60.9 Å². The summed E-state index contributed by atoms with van der Waals surface area (Å²) in [6, 6.07) is 2.29. The maximum Gasteiger partial charge on any atom is 0.226 e. The number of nitrogens with one attached hydrogen (secondary N) is 1. The van der Waals surface area contributed by atoms with Gasteiger partial charge in [0.25, 0.3) is 0 Å². The number of anilines is 1. The second kappa shape index (κ2) is 7.80. The van der Waals surface area contributed by atoms with E-state index < -0.39 is 0 Å². The molecule has 2 amide bonds. The number of aryl methyl sites for hydroxylation is 1. The first-order valence-electron chi connectivity index (χ1n) is 8.81. The molecule has 2 aliphatic rings. The Balaban J connectivity index is 1.65. The minimum Gasteiger partial charge on any atom is -0.342 e. The van der Waals surface area contributed by atoms with Crippen LogP contribution in [-0.4, -0.2) is 29.8 Å². The van der Waals surface area contributed by atoms with Crippen molar-refractivity contribution in [3.05, 3.63) is 16.0 Å². The summed E-state index contributed by atoms with van der Waals surface area (Å²) in [6.45, 7) is 1.22. The Morgan fingerprint density at radius 3 is 2.67 bits per heavy atom. The predicted molar refractivity (Wildman–Crippen MR) is 94.0 cm³/mol. The molecule has 0 bridgehead atoms. The number of fused-ring (bicyclic) bond motifs is 1. The van der Waals surface area contributed by atoms with Gasteiger partial charge in [-0.2, -0.15) is 5.26 Å². The molecule has 0 unspecified atom stereocenters. The van der Waals surface area contributed by atoms with Gasteiger partial charge in [0.2, 0.25) is 11.8 Å². The molecule has 1 aliphatic carbocycles. The highest BCUT2D eigenvalue weighted by atomic mass is 32.1. The van der Waals surface area contributed by atoms with E-state index in [0.29, 0.717) is 30.0 Å². The van der Waals surface area contributed by atoms with Gasteiger partial charge in [-0.25, -0.2) is 0 Å². The van der Waals surface area contributed by atoms with Crippen molar-refractivity contribution in [2.75, 3.05) is 18.4 Å². The quantitative estimate of drug-likeness (QED) is 0.910. The number of hydrogen-bond donors (Lipinski definition) is 1. The van der Waals surface area contributed by atoms with E-state index >= 15 is 0 Å². The van der Waals surface area contributed by atoms with E-state index in [1.165, 1.54) is 17.7 Å². The summed E-state index contributed by atoms with van der Waals surface area (Å²) in [5.74, 6) is 0.0278. The maximum atomic E-state index is 12.2. The molecule has 2 heterocycles. The molecule has 24 heavy (non-hydrogen) atoms. The molecule has 3 rings (SSSR count). The van der Waals surface area contributed by atoms with Crippen LogP contribution in [0.4, 0.5) is 5.00 Å². The van der Waals surface area contributed by atoms with Crippen molar-refractivity contribution in [2.45, 2.75) is 57.8 Å². The topological polar surface area (TPSA) is 73.2 Å². The summed E-state index contributed by atoms with van der Waals surface area (Å²) in [5, 5.41) is 13.1. The fourth-order valence-electron chi connectivity index (χ4n) is 3.49. The van der Waals surface area contributed by atoms with Crippen LogP contribution in [0, 0.1) is 11.3 Å². The van der Waals surface area contributed by atoms with Crippen molar-refractivity contribution >= 4 is 28.2 Å². The van der Waals surface area contributed by atoms with Crippen molar-refractivity contribution in [3.63, 3.8) is 0 Å². The van der Waals surface area contributed by atoms with E-state index in [4.69, 9.17) is 0 Å². The van der Waals surface area contributed by atoms with Crippen molar-refractivity contribution in [1.82, 2.24) is 4.90 Å². The number of likely N-dealkylation sites (tertiary alicyclic amines) is 1. The molecule has 0 spiro atoms. The third kappa shape index (κ3) is 3.78. The average Bonchev–Trinajstić information content (AvgIpc) is 3.08. The molecule has 1 aromatic heterocycles. The number of carbonyl (C=O) groups excluding carboxylic acids is 2. The van der Waals surface area contributed by atoms with Crippen molar-refractivity contribution in [1.29, 1.82) is 5.26 Å². The summed E-state index contributed by atoms with van der Waals surface area (Å²) >= 11 is 1.56. The molecule has 1 N–H and O–H groups in total. The molecular weight excluding hydrogens is 322 g/mol. The highest BCUT2D eigenvalue weighted by Crippen LogP contribution is 2.36. The molecule has 1 aliphatic heterocycles. The van der Waals surface area contributed by atoms with Crippen molar-refractivity contribution in [3.8, 4) is 6.07 Å². The van der Waals surface area contributed by atoms with Gasteiger partial charge in [0.15, 0.2) is 0 Å². The summed E-state index contributed by atoms with van der Waals surface area (Å²) in [4.78, 5) is 26.8. The molecule has 1 fully saturated rings. The Kier molecular flexibility index (Phi) is 5.52. The largest absolute Gasteiger partial charge is 0.342 e. The number of amides is 2. The lowest BCUT2D eigenvalue weighted by Crippen LogP contribution is -2.28. The van der Waals surface area contributed by atoms with Gasteiger partial charge >= 0.3 is 0 Å². The summed E-state index contributed by atoms with van der Waals surface area (Å²) in [5.41, 5.74) is 1.80. The first kappa shape index (κ1) is 17.0. The Labute approximate surface area is 146 Å². The van der Waals surface area contributed by atoms with Crippen LogP contribution in [0.15, 0.2) is 0 Å². The standard InChI is InChI=1S/C18H23N3O2S/c19-12-14-13-6-3-1-2-4-7-15(13)24-18(14)20-16(22)9-11-21-10-5-8-17(21)23/h1-11H2,(H,20,22). The zero-order valence-electron chi connectivity index (χ0n) is 13.9. The van der Waals surface area contributed by atoms with Crippen LogP contribution in [0.5, 0.6) is 0 Å². The van der Waals surface area contributed by atoms with E-state index in [1.54, 1.807) is 16.2 Å². The van der Waals surface area contributed by atoms with Crippen LogP contribution < -0.4 is 5.32 Å². The molecule has 0 aromatic carbocycles. The minimum absolute atomic E-state index is 0.111. The lowest BCUT2D eigenvalue weighted by Gasteiger charge is -2.14. The molecule has 5 nitrogen and oxygen atoms in total. The lowest BCUT2D eigenvalue weighted by atomic mass is 9.97. The minimum atomic E-state index is -0.111. The van der Waals surface area contributed by atoms with Crippen LogP contribution >= 0.6 is 11.3 Å². The number of nitrogens with zero attached hydrogens (tertiary/aromatic N) is 2. The first-order valence-corrected chi connectivity index (χ1v) is 9.63. The third-order valence-corrected chi connectivity index (χ3v) is 6.02. The van der Waals surface area contributed by atoms with Crippen molar-refractivity contribution < 1.29 is 9.59 Å². The van der Waals surface area contributed by atoms with E-state index in [0.717, 1.165) is 44.2 Å². The normalized spacial score (nSPS) is 17.8. The molecule has 1 aromatic rings. The van der Waals surface area contributed by atoms with Crippen molar-refractivity contribution in [2.24, 2.45) is 0 Å². The summed E-state index contributed by atoms with van der Waals surface area (Å²) in [6.07, 6.45) is 8.44. The van der Waals surface area contributed by atoms with Gasteiger partial charge in [0.1, 0.15) is 11.1 Å². The van der Waals surface area contributed by atoms with Gasteiger partial charge in [-0.1, -0.05) is 12.8 Å². The van der Waals surface area contributed by atoms with Crippen LogP contribution in [0.3, 0.4) is 0 Å². The predicted octanol–water partition coefficient (Wildman–Crippen LogP) is 3.23. The van der Waals surface area contributed by atoms with Crippen LogP contribution in [0.25, 0.3) is 0 Å². The zero-order valence-corrected chi connectivity index (χ0v) is 14.7. The number of nitriles is 1. The maximum absolute atomic E-state index is 12.2. The summed E-state index contributed by atoms with van der Waals surface area (Å²) < 4.78 is 0. The third-order valence-electron chi connectivity index (χ3n) is 4.82. The Hall–Kier alpha value is -1.87. The lowest BCUT2D eigenvalue weighted by molar-refractivity contribution is -0.128. The fourth-order valence-corrected chi connectivity index (χ4v) is 4.75. The average molecular weight is 345 g/mol. The summed E-state index contributed by atoms with van der Waals surface area (Å²) in [7, 11) is 0. The number of carbonyl (C=O) groups is 2. The molecular formula is C18H23N3O2S. The molecule has 1 saturated heterocycles. The Morgan fingerprint density at radius 1 is 1.17 bits per heavy atom. The van der Waals surface area contributed by atoms with E-state index in [2.05, 4.69) is 11.4 Å². The Bertz CT molecular complexity index is 675. The monoisotopic (exact) mass is 345 g/mol. The molecule has 6 heteroatoms. The highest BCUT2D eigenvalue weighted by Gasteiger charge is 2.22. The second-order valence-electron chi connectivity index (χ2n) is 6.52. The van der Waals surface area contributed by atoms with Gasteiger partial charge < -0.3 is 10.2 Å². The van der Waals surface area contributed by atoms with Crippen LogP contribution in [-0.2, 0) is 22.4 Å². The Morgan fingerprint density at radius 2 is 1.96 bits per heavy atom. The zero-order chi connectivity index (χ0) is 16.9. The second-order valence-corrected chi connectivity index (χ2v) is 7.62. The molecule has 128 valence electrons. The van der Waals surface area contributed by atoms with Gasteiger partial charge in [-0.05, 0) is 37.7 Å². The fraction of sp³-hybridized carbons (Fsp3) is 0.611. The number of thiophene rings is 1. The van der Waals surface area contributed by atoms with Gasteiger partial charge in [-0.3, -0.25) is 9.59 Å². The van der Waals surface area contributed by atoms with Crippen LogP contribution in [0.2, 0.25) is 0 Å². The SMILES string of the molecule is N#Cc1c(NC(=O)CCN2CCCC2=O)sc2c1CCCCCC2. The van der Waals surface area contributed by atoms with E-state index in [9.17, 15) is 14.9 Å². The first-order chi connectivity index (χ1) is 11.7. The highest BCUT2D eigenvalue weighted by molar-refractivity contribution is 7.16. The van der Waals surface area contributed by atoms with Gasteiger partial charge in [-0.15, -0.1) is 11.3 Å². The number of rotatable bonds is 4.